The monoisotopic (exact) mass is 268 g/mol. The minimum atomic E-state index is -0.428. The predicted molar refractivity (Wildman–Crippen MR) is 60.6 cm³/mol. The van der Waals surface area contributed by atoms with Crippen molar-refractivity contribution in [1.82, 2.24) is 0 Å². The largest absolute Gasteiger partial charge is 0.466 e. The van der Waals surface area contributed by atoms with Gasteiger partial charge < -0.3 is 4.74 Å². The normalized spacial score (nSPS) is 10.3. The molecule has 0 atom stereocenters. The molecule has 1 rings (SSSR count). The van der Waals surface area contributed by atoms with Crippen molar-refractivity contribution in [1.29, 1.82) is 0 Å². The molecule has 0 aliphatic carbocycles. The van der Waals surface area contributed by atoms with E-state index in [0.717, 1.165) is 16.3 Å². The van der Waals surface area contributed by atoms with Gasteiger partial charge >= 0.3 is 5.97 Å². The molecule has 0 unspecified atom stereocenters. The number of benzene rings is 1. The SMILES string of the molecule is COC(=O)C=Cc1cc(Br)cc(C=O)c1. The number of carbonyl (C=O) groups is 2. The lowest BCUT2D eigenvalue weighted by atomic mass is 10.1. The van der Waals surface area contributed by atoms with Crippen LogP contribution in [-0.2, 0) is 9.53 Å². The first-order chi connectivity index (χ1) is 7.15. The number of methoxy groups -OCH3 is 1. The van der Waals surface area contributed by atoms with Crippen LogP contribution in [0.25, 0.3) is 6.08 Å². The Kier molecular flexibility index (Phi) is 4.24. The second-order valence-electron chi connectivity index (χ2n) is 2.79. The zero-order valence-electron chi connectivity index (χ0n) is 8.07. The molecule has 0 aliphatic heterocycles. The van der Waals surface area contributed by atoms with Gasteiger partial charge in [-0.15, -0.1) is 0 Å². The zero-order chi connectivity index (χ0) is 11.3. The first-order valence-corrected chi connectivity index (χ1v) is 4.97. The molecule has 0 heterocycles. The molecule has 0 spiro atoms. The maximum Gasteiger partial charge on any atom is 0.330 e. The summed E-state index contributed by atoms with van der Waals surface area (Å²) in [7, 11) is 1.31. The molecule has 15 heavy (non-hydrogen) atoms. The summed E-state index contributed by atoms with van der Waals surface area (Å²) in [4.78, 5) is 21.4. The van der Waals surface area contributed by atoms with Crippen molar-refractivity contribution >= 4 is 34.3 Å². The van der Waals surface area contributed by atoms with E-state index in [9.17, 15) is 9.59 Å². The van der Waals surface area contributed by atoms with E-state index < -0.39 is 5.97 Å². The summed E-state index contributed by atoms with van der Waals surface area (Å²) in [6, 6.07) is 5.17. The highest BCUT2D eigenvalue weighted by Crippen LogP contribution is 2.15. The number of hydrogen-bond donors (Lipinski definition) is 0. The molecule has 0 radical (unpaired) electrons. The average Bonchev–Trinajstić information content (AvgIpc) is 2.25. The number of carbonyl (C=O) groups excluding carboxylic acids is 2. The lowest BCUT2D eigenvalue weighted by Gasteiger charge is -1.97. The Morgan fingerprint density at radius 1 is 1.33 bits per heavy atom. The van der Waals surface area contributed by atoms with Gasteiger partial charge in [0.2, 0.25) is 0 Å². The van der Waals surface area contributed by atoms with Crippen molar-refractivity contribution < 1.29 is 14.3 Å². The Hall–Kier alpha value is -1.42. The Bertz CT molecular complexity index is 410. The second kappa shape index (κ2) is 5.46. The van der Waals surface area contributed by atoms with Crippen molar-refractivity contribution in [3.8, 4) is 0 Å². The van der Waals surface area contributed by atoms with Gasteiger partial charge in [0.1, 0.15) is 6.29 Å². The van der Waals surface area contributed by atoms with E-state index in [2.05, 4.69) is 20.7 Å². The fraction of sp³-hybridized carbons (Fsp3) is 0.0909. The lowest BCUT2D eigenvalue weighted by molar-refractivity contribution is -0.134. The highest BCUT2D eigenvalue weighted by Gasteiger charge is 1.97. The number of ether oxygens (including phenoxy) is 1. The number of rotatable bonds is 3. The average molecular weight is 269 g/mol. The third-order valence-electron chi connectivity index (χ3n) is 1.69. The van der Waals surface area contributed by atoms with Crippen LogP contribution >= 0.6 is 15.9 Å². The van der Waals surface area contributed by atoms with Crippen LogP contribution in [0.1, 0.15) is 15.9 Å². The Labute approximate surface area is 95.9 Å². The summed E-state index contributed by atoms with van der Waals surface area (Å²) in [6.07, 6.45) is 3.64. The van der Waals surface area contributed by atoms with Gasteiger partial charge in [-0.25, -0.2) is 4.79 Å². The highest BCUT2D eigenvalue weighted by molar-refractivity contribution is 9.10. The van der Waals surface area contributed by atoms with E-state index in [1.54, 1.807) is 24.3 Å². The number of aldehydes is 1. The van der Waals surface area contributed by atoms with Gasteiger partial charge in [-0.3, -0.25) is 4.79 Å². The quantitative estimate of drug-likeness (QED) is 0.481. The van der Waals surface area contributed by atoms with Gasteiger partial charge in [0.05, 0.1) is 7.11 Å². The third kappa shape index (κ3) is 3.67. The summed E-state index contributed by atoms with van der Waals surface area (Å²) in [6.45, 7) is 0. The number of esters is 1. The van der Waals surface area contributed by atoms with Crippen molar-refractivity contribution in [2.75, 3.05) is 7.11 Å². The molecule has 0 bridgehead atoms. The molecule has 78 valence electrons. The van der Waals surface area contributed by atoms with Crippen LogP contribution in [0, 0.1) is 0 Å². The van der Waals surface area contributed by atoms with Gasteiger partial charge in [-0.05, 0) is 29.8 Å². The summed E-state index contributed by atoms with van der Waals surface area (Å²) in [5, 5.41) is 0. The van der Waals surface area contributed by atoms with E-state index in [-0.39, 0.29) is 0 Å². The fourth-order valence-corrected chi connectivity index (χ4v) is 1.56. The molecule has 4 heteroatoms. The van der Waals surface area contributed by atoms with Gasteiger partial charge in [-0.2, -0.15) is 0 Å². The van der Waals surface area contributed by atoms with Gasteiger partial charge in [0, 0.05) is 16.1 Å². The standard InChI is InChI=1S/C11H9BrO3/c1-15-11(14)3-2-8-4-9(7-13)6-10(12)5-8/h2-7H,1H3. The van der Waals surface area contributed by atoms with Crippen LogP contribution in [0.5, 0.6) is 0 Å². The molecule has 0 aromatic heterocycles. The topological polar surface area (TPSA) is 43.4 Å². The summed E-state index contributed by atoms with van der Waals surface area (Å²) in [5.41, 5.74) is 1.31. The first-order valence-electron chi connectivity index (χ1n) is 4.17. The van der Waals surface area contributed by atoms with E-state index in [0.29, 0.717) is 5.56 Å². The van der Waals surface area contributed by atoms with Crippen molar-refractivity contribution in [3.05, 3.63) is 39.9 Å². The Morgan fingerprint density at radius 2 is 2.00 bits per heavy atom. The molecule has 0 amide bonds. The third-order valence-corrected chi connectivity index (χ3v) is 2.15. The van der Waals surface area contributed by atoms with Crippen LogP contribution in [-0.4, -0.2) is 19.4 Å². The second-order valence-corrected chi connectivity index (χ2v) is 3.71. The number of hydrogen-bond acceptors (Lipinski definition) is 3. The molecule has 0 fully saturated rings. The molecule has 0 aliphatic rings. The molecular formula is C11H9BrO3. The van der Waals surface area contributed by atoms with Crippen molar-refractivity contribution in [2.24, 2.45) is 0 Å². The smallest absolute Gasteiger partial charge is 0.330 e. The maximum absolute atomic E-state index is 10.8. The fourth-order valence-electron chi connectivity index (χ4n) is 1.03. The minimum absolute atomic E-state index is 0.428. The Morgan fingerprint density at radius 3 is 2.60 bits per heavy atom. The van der Waals surface area contributed by atoms with Crippen LogP contribution < -0.4 is 0 Å². The van der Waals surface area contributed by atoms with Gasteiger partial charge in [0.15, 0.2) is 0 Å². The van der Waals surface area contributed by atoms with Crippen molar-refractivity contribution in [3.63, 3.8) is 0 Å². The molecule has 0 N–H and O–H groups in total. The molecule has 0 saturated carbocycles. The van der Waals surface area contributed by atoms with Crippen LogP contribution in [0.4, 0.5) is 0 Å². The zero-order valence-corrected chi connectivity index (χ0v) is 9.65. The predicted octanol–water partition coefficient (Wildman–Crippen LogP) is 2.45. The lowest BCUT2D eigenvalue weighted by Crippen LogP contribution is -1.93. The molecule has 1 aromatic rings. The maximum atomic E-state index is 10.8. The minimum Gasteiger partial charge on any atom is -0.466 e. The van der Waals surface area contributed by atoms with E-state index in [1.165, 1.54) is 13.2 Å². The van der Waals surface area contributed by atoms with Gasteiger partial charge in [0.25, 0.3) is 0 Å². The van der Waals surface area contributed by atoms with E-state index in [4.69, 9.17) is 0 Å². The first kappa shape index (κ1) is 11.7. The summed E-state index contributed by atoms with van der Waals surface area (Å²) >= 11 is 3.27. The summed E-state index contributed by atoms with van der Waals surface area (Å²) in [5.74, 6) is -0.428. The van der Waals surface area contributed by atoms with E-state index in [1.807, 2.05) is 0 Å². The Balaban J connectivity index is 2.94. The molecule has 3 nitrogen and oxygen atoms in total. The van der Waals surface area contributed by atoms with Crippen LogP contribution in [0.3, 0.4) is 0 Å². The van der Waals surface area contributed by atoms with E-state index >= 15 is 0 Å². The van der Waals surface area contributed by atoms with Crippen LogP contribution in [0.2, 0.25) is 0 Å². The van der Waals surface area contributed by atoms with Crippen LogP contribution in [0.15, 0.2) is 28.7 Å². The molecule has 0 saturated heterocycles. The highest BCUT2D eigenvalue weighted by atomic mass is 79.9. The summed E-state index contributed by atoms with van der Waals surface area (Å²) < 4.78 is 5.24. The van der Waals surface area contributed by atoms with Gasteiger partial charge in [-0.1, -0.05) is 15.9 Å². The molecule has 1 aromatic carbocycles. The number of halogens is 1. The molecular weight excluding hydrogens is 260 g/mol. The van der Waals surface area contributed by atoms with Crippen molar-refractivity contribution in [2.45, 2.75) is 0 Å².